The van der Waals surface area contributed by atoms with E-state index in [-0.39, 0.29) is 5.92 Å². The molecule has 1 aromatic heterocycles. The minimum atomic E-state index is -0.924. The van der Waals surface area contributed by atoms with Gasteiger partial charge in [0.2, 0.25) is 5.88 Å². The number of methoxy groups -OCH3 is 1. The van der Waals surface area contributed by atoms with Crippen molar-refractivity contribution in [1.29, 1.82) is 0 Å². The van der Waals surface area contributed by atoms with Crippen LogP contribution < -0.4 is 10.1 Å². The molecule has 1 aliphatic heterocycles. The van der Waals surface area contributed by atoms with Gasteiger partial charge in [-0.15, -0.1) is 0 Å². The Bertz CT molecular complexity index is 1170. The number of hydrogen-bond acceptors (Lipinski definition) is 4. The summed E-state index contributed by atoms with van der Waals surface area (Å²) in [5, 5.41) is 17.8. The maximum absolute atomic E-state index is 12.4. The Kier molecular flexibility index (Phi) is 7.69. The molecule has 186 valence electrons. The predicted octanol–water partition coefficient (Wildman–Crippen LogP) is 7.24. The van der Waals surface area contributed by atoms with E-state index >= 15 is 0 Å². The fraction of sp³-hybridized carbons (Fsp3) is 0.483. The number of ether oxygens (including phenoxy) is 1. The zero-order valence-corrected chi connectivity index (χ0v) is 22.6. The lowest BCUT2D eigenvalue weighted by Gasteiger charge is -2.44. The summed E-state index contributed by atoms with van der Waals surface area (Å²) in [6, 6.07) is 16.4. The molecule has 2 aliphatic rings. The van der Waals surface area contributed by atoms with E-state index in [9.17, 15) is 5.11 Å². The van der Waals surface area contributed by atoms with Crippen molar-refractivity contribution >= 4 is 38.4 Å². The third-order valence-corrected chi connectivity index (χ3v) is 8.69. The summed E-state index contributed by atoms with van der Waals surface area (Å²) in [6.45, 7) is 0.798. The van der Waals surface area contributed by atoms with Crippen LogP contribution in [0.4, 0.5) is 0 Å². The van der Waals surface area contributed by atoms with Crippen molar-refractivity contribution in [2.75, 3.05) is 13.7 Å². The zero-order valence-electron chi connectivity index (χ0n) is 20.3. The highest BCUT2D eigenvalue weighted by Crippen LogP contribution is 2.46. The number of halogens is 2. The Balaban J connectivity index is 1.56. The summed E-state index contributed by atoms with van der Waals surface area (Å²) in [7, 11) is 1.66. The van der Waals surface area contributed by atoms with Crippen molar-refractivity contribution in [1.82, 2.24) is 10.3 Å². The molecule has 5 rings (SSSR count). The van der Waals surface area contributed by atoms with E-state index in [2.05, 4.69) is 33.4 Å². The second-order valence-corrected chi connectivity index (χ2v) is 11.7. The van der Waals surface area contributed by atoms with Crippen molar-refractivity contribution in [3.63, 3.8) is 0 Å². The first-order valence-corrected chi connectivity index (χ1v) is 14.0. The Labute approximate surface area is 221 Å². The lowest BCUT2D eigenvalue weighted by Crippen LogP contribution is -2.52. The van der Waals surface area contributed by atoms with Crippen molar-refractivity contribution in [2.24, 2.45) is 5.92 Å². The number of pyridine rings is 1. The molecule has 3 unspecified atom stereocenters. The minimum Gasteiger partial charge on any atom is -0.481 e. The van der Waals surface area contributed by atoms with Crippen LogP contribution in [-0.2, 0) is 0 Å². The molecule has 3 aromatic rings. The molecule has 2 heterocycles. The van der Waals surface area contributed by atoms with Gasteiger partial charge in [-0.1, -0.05) is 71.8 Å². The van der Waals surface area contributed by atoms with Crippen LogP contribution in [0.2, 0.25) is 5.02 Å². The third kappa shape index (κ3) is 5.53. The van der Waals surface area contributed by atoms with Crippen molar-refractivity contribution in [3.05, 3.63) is 69.2 Å². The van der Waals surface area contributed by atoms with Gasteiger partial charge in [-0.05, 0) is 73.7 Å². The second-order valence-electron chi connectivity index (χ2n) is 10.4. The topological polar surface area (TPSA) is 54.4 Å². The van der Waals surface area contributed by atoms with E-state index in [1.54, 1.807) is 7.11 Å². The van der Waals surface area contributed by atoms with Crippen molar-refractivity contribution in [3.8, 4) is 5.88 Å². The number of nitrogens with one attached hydrogen (secondary N) is 1. The number of piperidine rings is 1. The monoisotopic (exact) mass is 556 g/mol. The number of benzene rings is 2. The summed E-state index contributed by atoms with van der Waals surface area (Å²) >= 11 is 9.85. The number of aromatic nitrogens is 1. The lowest BCUT2D eigenvalue weighted by atomic mass is 9.69. The van der Waals surface area contributed by atoms with Gasteiger partial charge in [0, 0.05) is 32.4 Å². The van der Waals surface area contributed by atoms with Gasteiger partial charge in [0.1, 0.15) is 0 Å². The zero-order chi connectivity index (χ0) is 24.4. The number of nitrogens with zero attached hydrogens (tertiary/aromatic N) is 1. The fourth-order valence-corrected chi connectivity index (χ4v) is 6.80. The molecular formula is C29H34BrClN2O2. The van der Waals surface area contributed by atoms with Gasteiger partial charge in [0.15, 0.2) is 0 Å². The summed E-state index contributed by atoms with van der Waals surface area (Å²) in [6.07, 6.45) is 9.17. The maximum atomic E-state index is 12.4. The van der Waals surface area contributed by atoms with Crippen LogP contribution in [0.1, 0.15) is 68.4 Å². The molecule has 1 saturated heterocycles. The lowest BCUT2D eigenvalue weighted by molar-refractivity contribution is -0.0226. The van der Waals surface area contributed by atoms with Crippen LogP contribution in [0.3, 0.4) is 0 Å². The van der Waals surface area contributed by atoms with Crippen molar-refractivity contribution < 1.29 is 9.84 Å². The summed E-state index contributed by atoms with van der Waals surface area (Å²) in [4.78, 5) is 4.84. The van der Waals surface area contributed by atoms with Gasteiger partial charge in [0.05, 0.1) is 18.2 Å². The van der Waals surface area contributed by atoms with E-state index in [4.69, 9.17) is 21.3 Å². The van der Waals surface area contributed by atoms with Gasteiger partial charge in [-0.25, -0.2) is 4.98 Å². The van der Waals surface area contributed by atoms with Crippen LogP contribution in [0.25, 0.3) is 10.9 Å². The predicted molar refractivity (Wildman–Crippen MR) is 146 cm³/mol. The van der Waals surface area contributed by atoms with Crippen LogP contribution >= 0.6 is 27.5 Å². The van der Waals surface area contributed by atoms with Gasteiger partial charge in [-0.3, -0.25) is 0 Å². The summed E-state index contributed by atoms with van der Waals surface area (Å²) in [5.41, 5.74) is 1.90. The molecule has 2 fully saturated rings. The molecule has 2 aromatic carbocycles. The highest BCUT2D eigenvalue weighted by atomic mass is 79.9. The first-order valence-electron chi connectivity index (χ1n) is 12.8. The molecule has 4 nitrogen and oxygen atoms in total. The molecule has 0 spiro atoms. The van der Waals surface area contributed by atoms with E-state index in [1.165, 1.54) is 32.1 Å². The van der Waals surface area contributed by atoms with Gasteiger partial charge in [0.25, 0.3) is 0 Å². The molecule has 6 heteroatoms. The Morgan fingerprint density at radius 1 is 1.14 bits per heavy atom. The molecule has 3 atom stereocenters. The van der Waals surface area contributed by atoms with Crippen LogP contribution in [-0.4, -0.2) is 35.4 Å². The number of rotatable bonds is 6. The average Bonchev–Trinajstić information content (AvgIpc) is 2.85. The minimum absolute atomic E-state index is 0.276. The first-order chi connectivity index (χ1) is 16.9. The Hall–Kier alpha value is -1.66. The van der Waals surface area contributed by atoms with Crippen molar-refractivity contribution in [2.45, 2.75) is 68.9 Å². The largest absolute Gasteiger partial charge is 0.481 e. The highest BCUT2D eigenvalue weighted by Gasteiger charge is 2.44. The summed E-state index contributed by atoms with van der Waals surface area (Å²) < 4.78 is 6.82. The number of hydrogen-bond donors (Lipinski definition) is 2. The maximum Gasteiger partial charge on any atom is 0.217 e. The molecule has 35 heavy (non-hydrogen) atoms. The van der Waals surface area contributed by atoms with E-state index in [0.717, 1.165) is 45.4 Å². The Morgan fingerprint density at radius 3 is 2.66 bits per heavy atom. The summed E-state index contributed by atoms with van der Waals surface area (Å²) in [5.74, 6) is 1.05. The van der Waals surface area contributed by atoms with E-state index in [1.807, 2.05) is 36.4 Å². The second kappa shape index (κ2) is 10.8. The quantitative estimate of drug-likeness (QED) is 0.335. The molecule has 1 saturated carbocycles. The molecule has 1 aliphatic carbocycles. The molecular weight excluding hydrogens is 524 g/mol. The average molecular weight is 558 g/mol. The fourth-order valence-electron chi connectivity index (χ4n) is 6.30. The van der Waals surface area contributed by atoms with Gasteiger partial charge < -0.3 is 15.2 Å². The smallest absolute Gasteiger partial charge is 0.217 e. The Morgan fingerprint density at radius 2 is 1.91 bits per heavy atom. The van der Waals surface area contributed by atoms with Crippen LogP contribution in [0.5, 0.6) is 5.88 Å². The van der Waals surface area contributed by atoms with E-state index in [0.29, 0.717) is 29.8 Å². The molecule has 2 N–H and O–H groups in total. The molecule has 0 amide bonds. The molecule has 0 radical (unpaired) electrons. The van der Waals surface area contributed by atoms with Gasteiger partial charge >= 0.3 is 0 Å². The van der Waals surface area contributed by atoms with Gasteiger partial charge in [-0.2, -0.15) is 0 Å². The first kappa shape index (κ1) is 25.0. The van der Waals surface area contributed by atoms with E-state index < -0.39 is 5.60 Å². The normalized spacial score (nSPS) is 24.4. The SMILES string of the molecule is COc1nc2ccc(Br)cc2cc1C(c1ccc(Cl)cc1)C1(O)CCNC(CC2CCCCC2)C1. The van der Waals surface area contributed by atoms with Crippen LogP contribution in [0, 0.1) is 5.92 Å². The van der Waals surface area contributed by atoms with Crippen LogP contribution in [0.15, 0.2) is 53.0 Å². The third-order valence-electron chi connectivity index (χ3n) is 7.95. The number of fused-ring (bicyclic) bond motifs is 1. The standard InChI is InChI=1S/C29H34BrClN2O2/c1-35-28-25(17-21-16-22(30)9-12-26(21)33-28)27(20-7-10-23(31)11-8-20)29(34)13-14-32-24(18-29)15-19-5-3-2-4-6-19/h7-12,16-17,19,24,27,32,34H,2-6,13-15,18H2,1H3. The molecule has 0 bridgehead atoms. The highest BCUT2D eigenvalue weighted by molar-refractivity contribution is 9.10. The number of aliphatic hydroxyl groups is 1.